The third-order valence-corrected chi connectivity index (χ3v) is 4.38. The highest BCUT2D eigenvalue weighted by Gasteiger charge is 2.45. The Labute approximate surface area is 121 Å². The first-order valence-corrected chi connectivity index (χ1v) is 7.86. The Morgan fingerprint density at radius 3 is 1.74 bits per heavy atom. The number of allylic oxidation sites excluding steroid dienone is 2. The standard InChI is InChI=1S/C18H35N/c1-13(2)19-15(14-10-11-14)18(9,17(6,7)8)12-16(3,4)5/h13,19H,10-12H2,1-9H3. The van der Waals surface area contributed by atoms with Crippen molar-refractivity contribution in [1.82, 2.24) is 5.32 Å². The van der Waals surface area contributed by atoms with E-state index in [1.807, 2.05) is 0 Å². The summed E-state index contributed by atoms with van der Waals surface area (Å²) in [5, 5.41) is 3.79. The molecule has 19 heavy (non-hydrogen) atoms. The first-order valence-electron chi connectivity index (χ1n) is 7.86. The molecule has 1 N–H and O–H groups in total. The first kappa shape index (κ1) is 16.6. The molecule has 1 rings (SSSR count). The van der Waals surface area contributed by atoms with Gasteiger partial charge in [-0.05, 0) is 43.9 Å². The van der Waals surface area contributed by atoms with E-state index in [0.717, 1.165) is 0 Å². The topological polar surface area (TPSA) is 12.0 Å². The minimum absolute atomic E-state index is 0.224. The van der Waals surface area contributed by atoms with Gasteiger partial charge in [0.1, 0.15) is 0 Å². The van der Waals surface area contributed by atoms with Crippen molar-refractivity contribution in [3.8, 4) is 0 Å². The van der Waals surface area contributed by atoms with Crippen molar-refractivity contribution in [2.24, 2.45) is 16.2 Å². The average Bonchev–Trinajstić information content (AvgIpc) is 2.91. The molecule has 0 radical (unpaired) electrons. The second-order valence-corrected chi connectivity index (χ2v) is 9.10. The van der Waals surface area contributed by atoms with E-state index in [4.69, 9.17) is 0 Å². The van der Waals surface area contributed by atoms with Gasteiger partial charge in [0.05, 0.1) is 0 Å². The van der Waals surface area contributed by atoms with Gasteiger partial charge in [-0.1, -0.05) is 54.0 Å². The van der Waals surface area contributed by atoms with Gasteiger partial charge in [-0.3, -0.25) is 0 Å². The van der Waals surface area contributed by atoms with Crippen LogP contribution in [0.25, 0.3) is 0 Å². The smallest absolute Gasteiger partial charge is 0.0201 e. The van der Waals surface area contributed by atoms with Crippen LogP contribution in [0.4, 0.5) is 0 Å². The monoisotopic (exact) mass is 265 g/mol. The van der Waals surface area contributed by atoms with Crippen LogP contribution < -0.4 is 5.32 Å². The van der Waals surface area contributed by atoms with Gasteiger partial charge >= 0.3 is 0 Å². The lowest BCUT2D eigenvalue weighted by atomic mass is 9.59. The van der Waals surface area contributed by atoms with Crippen LogP contribution in [0.2, 0.25) is 0 Å². The fourth-order valence-electron chi connectivity index (χ4n) is 3.04. The summed E-state index contributed by atoms with van der Waals surface area (Å²) < 4.78 is 0. The van der Waals surface area contributed by atoms with Crippen molar-refractivity contribution in [2.45, 2.75) is 87.6 Å². The fraction of sp³-hybridized carbons (Fsp3) is 0.889. The largest absolute Gasteiger partial charge is 0.386 e. The van der Waals surface area contributed by atoms with Crippen LogP contribution in [0.3, 0.4) is 0 Å². The van der Waals surface area contributed by atoms with E-state index in [-0.39, 0.29) is 10.8 Å². The van der Waals surface area contributed by atoms with Crippen molar-refractivity contribution >= 4 is 0 Å². The van der Waals surface area contributed by atoms with E-state index in [9.17, 15) is 0 Å². The van der Waals surface area contributed by atoms with Gasteiger partial charge in [0.15, 0.2) is 0 Å². The summed E-state index contributed by atoms with van der Waals surface area (Å²) >= 11 is 0. The van der Waals surface area contributed by atoms with Crippen LogP contribution >= 0.6 is 0 Å². The van der Waals surface area contributed by atoms with Gasteiger partial charge in [0.2, 0.25) is 0 Å². The Bertz CT molecular complexity index is 343. The van der Waals surface area contributed by atoms with Gasteiger partial charge in [-0.2, -0.15) is 0 Å². The van der Waals surface area contributed by atoms with Gasteiger partial charge < -0.3 is 5.32 Å². The highest BCUT2D eigenvalue weighted by Crippen LogP contribution is 2.54. The molecule has 1 aliphatic carbocycles. The summed E-state index contributed by atoms with van der Waals surface area (Å²) in [5.41, 5.74) is 4.05. The molecule has 1 saturated carbocycles. The highest BCUT2D eigenvalue weighted by atomic mass is 14.9. The Balaban J connectivity index is 3.19. The molecule has 1 fully saturated rings. The molecular weight excluding hydrogens is 230 g/mol. The van der Waals surface area contributed by atoms with Gasteiger partial charge in [-0.25, -0.2) is 0 Å². The average molecular weight is 265 g/mol. The molecule has 0 spiro atoms. The van der Waals surface area contributed by atoms with Crippen molar-refractivity contribution in [2.75, 3.05) is 0 Å². The van der Waals surface area contributed by atoms with E-state index in [2.05, 4.69) is 67.6 Å². The fourth-order valence-corrected chi connectivity index (χ4v) is 3.04. The predicted octanol–water partition coefficient (Wildman–Crippen LogP) is 5.52. The van der Waals surface area contributed by atoms with Crippen molar-refractivity contribution in [1.29, 1.82) is 0 Å². The van der Waals surface area contributed by atoms with Crippen molar-refractivity contribution in [3.05, 3.63) is 11.3 Å². The van der Waals surface area contributed by atoms with E-state index >= 15 is 0 Å². The maximum absolute atomic E-state index is 3.79. The van der Waals surface area contributed by atoms with Crippen molar-refractivity contribution < 1.29 is 0 Å². The molecule has 0 aromatic carbocycles. The predicted molar refractivity (Wildman–Crippen MR) is 86.2 cm³/mol. The van der Waals surface area contributed by atoms with Crippen molar-refractivity contribution in [3.63, 3.8) is 0 Å². The summed E-state index contributed by atoms with van der Waals surface area (Å²) in [6.07, 6.45) is 3.82. The van der Waals surface area contributed by atoms with E-state index < -0.39 is 0 Å². The van der Waals surface area contributed by atoms with Gasteiger partial charge in [-0.15, -0.1) is 0 Å². The van der Waals surface area contributed by atoms with Crippen LogP contribution in [0, 0.1) is 16.2 Å². The zero-order chi connectivity index (χ0) is 15.1. The number of hydrogen-bond donors (Lipinski definition) is 1. The lowest BCUT2D eigenvalue weighted by Gasteiger charge is -2.48. The summed E-state index contributed by atoms with van der Waals surface area (Å²) in [6.45, 7) is 21.2. The third-order valence-electron chi connectivity index (χ3n) is 4.38. The second-order valence-electron chi connectivity index (χ2n) is 9.10. The molecule has 0 amide bonds. The van der Waals surface area contributed by atoms with Crippen LogP contribution in [0.15, 0.2) is 11.3 Å². The Morgan fingerprint density at radius 1 is 1.00 bits per heavy atom. The molecule has 1 nitrogen and oxygen atoms in total. The Hall–Kier alpha value is -0.460. The zero-order valence-corrected chi connectivity index (χ0v) is 14.7. The number of rotatable bonds is 4. The summed E-state index contributed by atoms with van der Waals surface area (Å²) in [4.78, 5) is 0. The van der Waals surface area contributed by atoms with E-state index in [1.165, 1.54) is 19.3 Å². The molecule has 0 heterocycles. The third kappa shape index (κ3) is 4.26. The minimum atomic E-state index is 0.224. The van der Waals surface area contributed by atoms with Crippen LogP contribution in [0.1, 0.15) is 81.6 Å². The quantitative estimate of drug-likeness (QED) is 0.705. The molecule has 112 valence electrons. The van der Waals surface area contributed by atoms with Gasteiger partial charge in [0.25, 0.3) is 0 Å². The number of hydrogen-bond acceptors (Lipinski definition) is 1. The molecule has 0 saturated heterocycles. The molecule has 0 bridgehead atoms. The SMILES string of the molecule is CC(C)NC(=C1CC1)C(C)(CC(C)(C)C)C(C)(C)C. The van der Waals surface area contributed by atoms with Crippen LogP contribution in [-0.2, 0) is 0 Å². The number of nitrogens with one attached hydrogen (secondary N) is 1. The maximum Gasteiger partial charge on any atom is 0.0201 e. The lowest BCUT2D eigenvalue weighted by Crippen LogP contribution is -2.44. The highest BCUT2D eigenvalue weighted by molar-refractivity contribution is 5.31. The Kier molecular flexibility index (Phi) is 4.49. The summed E-state index contributed by atoms with van der Waals surface area (Å²) in [5.74, 6) is 0. The van der Waals surface area contributed by atoms with Crippen LogP contribution in [-0.4, -0.2) is 6.04 Å². The second kappa shape index (κ2) is 5.14. The minimum Gasteiger partial charge on any atom is -0.386 e. The molecule has 0 aromatic rings. The molecule has 1 atom stereocenters. The van der Waals surface area contributed by atoms with E-state index in [0.29, 0.717) is 11.5 Å². The molecule has 1 unspecified atom stereocenters. The lowest BCUT2D eigenvalue weighted by molar-refractivity contribution is 0.0828. The molecule has 1 aliphatic rings. The molecular formula is C18H35N. The van der Waals surface area contributed by atoms with Crippen LogP contribution in [0.5, 0.6) is 0 Å². The van der Waals surface area contributed by atoms with E-state index in [1.54, 1.807) is 11.3 Å². The summed E-state index contributed by atoms with van der Waals surface area (Å²) in [6, 6.07) is 0.518. The first-order chi connectivity index (χ1) is 8.37. The molecule has 0 aromatic heterocycles. The zero-order valence-electron chi connectivity index (χ0n) is 14.7. The Morgan fingerprint density at radius 2 is 1.47 bits per heavy atom. The normalized spacial score (nSPS) is 19.4. The molecule has 0 aliphatic heterocycles. The summed E-state index contributed by atoms with van der Waals surface area (Å²) in [7, 11) is 0. The van der Waals surface area contributed by atoms with Gasteiger partial charge in [0, 0.05) is 17.2 Å². The maximum atomic E-state index is 3.79. The molecule has 1 heteroatoms.